The molecule has 180 valence electrons. The number of rotatable bonds is 4. The maximum atomic E-state index is 14.9. The van der Waals surface area contributed by atoms with E-state index in [1.54, 1.807) is 42.5 Å². The Morgan fingerprint density at radius 1 is 0.857 bits per heavy atom. The number of fused-ring (bicyclic) bond motifs is 1. The van der Waals surface area contributed by atoms with E-state index < -0.39 is 39.7 Å². The van der Waals surface area contributed by atoms with Gasteiger partial charge in [-0.3, -0.25) is 3.97 Å². The molecule has 0 radical (unpaired) electrons. The van der Waals surface area contributed by atoms with Gasteiger partial charge in [-0.1, -0.05) is 36.4 Å². The first-order valence-corrected chi connectivity index (χ1v) is 13.0. The minimum atomic E-state index is -3.18. The van der Waals surface area contributed by atoms with Gasteiger partial charge >= 0.3 is 7.12 Å². The molecule has 2 heterocycles. The van der Waals surface area contributed by atoms with Gasteiger partial charge in [-0.05, 0) is 75.4 Å². The van der Waals surface area contributed by atoms with E-state index in [4.69, 9.17) is 9.31 Å². The quantitative estimate of drug-likeness (QED) is 0.282. The fraction of sp³-hybridized carbons (Fsp3) is 0.222. The van der Waals surface area contributed by atoms with Crippen molar-refractivity contribution in [2.24, 2.45) is 0 Å². The molecule has 4 aromatic rings. The van der Waals surface area contributed by atoms with E-state index in [2.05, 4.69) is 5.87 Å². The molecule has 1 atom stereocenters. The zero-order valence-corrected chi connectivity index (χ0v) is 20.9. The average Bonchev–Trinajstić information content (AvgIpc) is 3.27. The second-order valence-corrected chi connectivity index (χ2v) is 11.9. The summed E-state index contributed by atoms with van der Waals surface area (Å²) in [6.07, 6.45) is 0. The van der Waals surface area contributed by atoms with Gasteiger partial charge in [-0.15, -0.1) is 0 Å². The highest BCUT2D eigenvalue weighted by Crippen LogP contribution is 2.38. The lowest BCUT2D eigenvalue weighted by Gasteiger charge is -2.32. The number of hydrogen-bond acceptors (Lipinski definition) is 3. The number of nitrogens with zero attached hydrogens (tertiary/aromatic N) is 1. The Hall–Kier alpha value is -2.94. The van der Waals surface area contributed by atoms with Gasteiger partial charge in [0, 0.05) is 10.3 Å². The summed E-state index contributed by atoms with van der Waals surface area (Å²) in [4.78, 5) is 0.450. The van der Waals surface area contributed by atoms with Crippen LogP contribution >= 0.6 is 0 Å². The smallest absolute Gasteiger partial charge is 0.399 e. The molecule has 1 aliphatic heterocycles. The molecule has 1 aliphatic rings. The SMILES string of the molecule is C=S(=O)(c1ccccc1)n1c(-c2c(F)cccc2F)cc2cc(B3OC(C)(C)C(C)(C)O3)ccc21. The second-order valence-electron chi connectivity index (χ2n) is 9.78. The van der Waals surface area contributed by atoms with E-state index in [1.165, 1.54) is 22.2 Å². The highest BCUT2D eigenvalue weighted by Gasteiger charge is 2.51. The van der Waals surface area contributed by atoms with E-state index in [0.717, 1.165) is 5.46 Å². The standard InChI is InChI=1S/C27H26BF2NO3S/c1-26(2)27(3,4)34-28(33-26)19-14-15-23-18(16-19)17-24(25-21(29)12-9-13-22(25)30)31(23)35(5,32)20-10-7-6-8-11-20/h6-17H,5H2,1-4H3. The number of halogens is 2. The van der Waals surface area contributed by atoms with Gasteiger partial charge in [-0.2, -0.15) is 0 Å². The Morgan fingerprint density at radius 3 is 2.06 bits per heavy atom. The molecule has 1 saturated heterocycles. The highest BCUT2D eigenvalue weighted by atomic mass is 32.2. The van der Waals surface area contributed by atoms with Gasteiger partial charge in [0.25, 0.3) is 0 Å². The first-order valence-electron chi connectivity index (χ1n) is 11.3. The van der Waals surface area contributed by atoms with E-state index in [-0.39, 0.29) is 11.3 Å². The van der Waals surface area contributed by atoms with Crippen LogP contribution in [0.25, 0.3) is 22.2 Å². The number of benzene rings is 3. The lowest BCUT2D eigenvalue weighted by Crippen LogP contribution is -2.41. The maximum absolute atomic E-state index is 14.9. The van der Waals surface area contributed by atoms with Crippen molar-refractivity contribution in [2.45, 2.75) is 43.8 Å². The van der Waals surface area contributed by atoms with Crippen LogP contribution in [0.15, 0.2) is 77.7 Å². The Kier molecular flexibility index (Phi) is 5.47. The van der Waals surface area contributed by atoms with Gasteiger partial charge in [0.1, 0.15) is 11.6 Å². The molecule has 1 unspecified atom stereocenters. The number of hydrogen-bond donors (Lipinski definition) is 0. The summed E-state index contributed by atoms with van der Waals surface area (Å²) >= 11 is 0. The molecule has 35 heavy (non-hydrogen) atoms. The van der Waals surface area contributed by atoms with Crippen LogP contribution in [0.4, 0.5) is 8.78 Å². The van der Waals surface area contributed by atoms with Crippen molar-refractivity contribution in [2.75, 3.05) is 0 Å². The van der Waals surface area contributed by atoms with Crippen LogP contribution in [-0.4, -0.2) is 32.4 Å². The van der Waals surface area contributed by atoms with Crippen molar-refractivity contribution in [1.29, 1.82) is 0 Å². The molecule has 0 saturated carbocycles. The van der Waals surface area contributed by atoms with Gasteiger partial charge in [0.05, 0.1) is 37.7 Å². The van der Waals surface area contributed by atoms with Crippen LogP contribution in [0.1, 0.15) is 27.7 Å². The lowest BCUT2D eigenvalue weighted by atomic mass is 9.78. The van der Waals surface area contributed by atoms with Crippen LogP contribution in [0, 0.1) is 11.6 Å². The minimum absolute atomic E-state index is 0.144. The molecule has 1 aromatic heterocycles. The average molecular weight is 493 g/mol. The molecular formula is C27H26BF2NO3S. The first-order chi connectivity index (χ1) is 16.4. The molecule has 0 amide bonds. The summed E-state index contributed by atoms with van der Waals surface area (Å²) in [6, 6.07) is 19.5. The molecule has 3 aromatic carbocycles. The predicted octanol–water partition coefficient (Wildman–Crippen LogP) is 5.42. The third-order valence-corrected chi connectivity index (χ3v) is 8.92. The molecule has 0 bridgehead atoms. The van der Waals surface area contributed by atoms with Gasteiger partial charge in [0.2, 0.25) is 0 Å². The molecule has 0 aliphatic carbocycles. The maximum Gasteiger partial charge on any atom is 0.494 e. The van der Waals surface area contributed by atoms with Crippen LogP contribution < -0.4 is 5.46 Å². The summed E-state index contributed by atoms with van der Waals surface area (Å²) in [5, 5.41) is 0.641. The van der Waals surface area contributed by atoms with E-state index in [9.17, 15) is 13.0 Å². The molecule has 0 spiro atoms. The van der Waals surface area contributed by atoms with E-state index in [1.807, 2.05) is 39.8 Å². The van der Waals surface area contributed by atoms with Crippen molar-refractivity contribution >= 4 is 39.1 Å². The summed E-state index contributed by atoms with van der Waals surface area (Å²) < 4.78 is 57.8. The Balaban J connectivity index is 1.75. The predicted molar refractivity (Wildman–Crippen MR) is 138 cm³/mol. The van der Waals surface area contributed by atoms with Crippen molar-refractivity contribution in [1.82, 2.24) is 3.97 Å². The molecule has 0 N–H and O–H groups in total. The normalized spacial score (nSPS) is 18.6. The Labute approximate surface area is 204 Å². The monoisotopic (exact) mass is 493 g/mol. The molecule has 8 heteroatoms. The third kappa shape index (κ3) is 3.80. The minimum Gasteiger partial charge on any atom is -0.399 e. The molecule has 5 rings (SSSR count). The van der Waals surface area contributed by atoms with Crippen molar-refractivity contribution < 1.29 is 22.3 Å². The topological polar surface area (TPSA) is 40.5 Å². The fourth-order valence-corrected chi connectivity index (χ4v) is 6.05. The summed E-state index contributed by atoms with van der Waals surface area (Å²) in [5.41, 5.74) is 0.138. The zero-order valence-electron chi connectivity index (χ0n) is 20.0. The summed E-state index contributed by atoms with van der Waals surface area (Å²) in [6.45, 7) is 7.88. The number of aromatic nitrogens is 1. The van der Waals surface area contributed by atoms with Crippen LogP contribution in [0.3, 0.4) is 0 Å². The van der Waals surface area contributed by atoms with Crippen LogP contribution in [0.2, 0.25) is 0 Å². The van der Waals surface area contributed by atoms with Crippen LogP contribution in [-0.2, 0) is 19.0 Å². The highest BCUT2D eigenvalue weighted by molar-refractivity contribution is 7.99. The molecule has 4 nitrogen and oxygen atoms in total. The largest absolute Gasteiger partial charge is 0.494 e. The van der Waals surface area contributed by atoms with Gasteiger partial charge < -0.3 is 9.31 Å². The Bertz CT molecular complexity index is 1510. The second kappa shape index (κ2) is 8.05. The molecule has 1 fully saturated rings. The Morgan fingerprint density at radius 2 is 1.46 bits per heavy atom. The first kappa shape index (κ1) is 23.8. The third-order valence-electron chi connectivity index (χ3n) is 6.93. The lowest BCUT2D eigenvalue weighted by molar-refractivity contribution is 0.00578. The summed E-state index contributed by atoms with van der Waals surface area (Å²) in [5.74, 6) is 2.52. The summed E-state index contributed by atoms with van der Waals surface area (Å²) in [7, 11) is -3.79. The van der Waals surface area contributed by atoms with E-state index >= 15 is 0 Å². The fourth-order valence-electron chi connectivity index (χ4n) is 4.31. The van der Waals surface area contributed by atoms with Crippen molar-refractivity contribution in [3.05, 3.63) is 84.4 Å². The van der Waals surface area contributed by atoms with E-state index in [0.29, 0.717) is 15.8 Å². The zero-order chi connectivity index (χ0) is 25.2. The van der Waals surface area contributed by atoms with Gasteiger partial charge in [0.15, 0.2) is 0 Å². The van der Waals surface area contributed by atoms with Crippen molar-refractivity contribution in [3.8, 4) is 11.3 Å². The van der Waals surface area contributed by atoms with Gasteiger partial charge in [-0.25, -0.2) is 13.0 Å². The van der Waals surface area contributed by atoms with Crippen LogP contribution in [0.5, 0.6) is 0 Å². The molecular weight excluding hydrogens is 467 g/mol. The van der Waals surface area contributed by atoms with Crippen molar-refractivity contribution in [3.63, 3.8) is 0 Å².